The van der Waals surface area contributed by atoms with Gasteiger partial charge in [0.25, 0.3) is 17.7 Å². The van der Waals surface area contributed by atoms with Gasteiger partial charge in [0.05, 0.1) is 17.7 Å². The van der Waals surface area contributed by atoms with E-state index in [1.54, 1.807) is 42.5 Å². The number of carbonyl (C=O) groups is 5. The van der Waals surface area contributed by atoms with Gasteiger partial charge in [0.1, 0.15) is 11.6 Å². The second kappa shape index (κ2) is 9.38. The molecule has 3 heterocycles. The van der Waals surface area contributed by atoms with Crippen LogP contribution in [0.2, 0.25) is 0 Å². The molecule has 1 fully saturated rings. The van der Waals surface area contributed by atoms with Crippen molar-refractivity contribution < 1.29 is 33.5 Å². The Morgan fingerprint density at radius 3 is 2.64 bits per heavy atom. The SMILES string of the molecule is O=C1CCC(N2C(=O)c3ccc(CCCNC(=O)c4oc5ccccc5c4CO)cc3C2=O)C(=O)N1. The van der Waals surface area contributed by atoms with Crippen molar-refractivity contribution in [3.8, 4) is 0 Å². The maximum atomic E-state index is 12.9. The van der Waals surface area contributed by atoms with Crippen LogP contribution in [-0.2, 0) is 22.6 Å². The Kier molecular flexibility index (Phi) is 6.11. The van der Waals surface area contributed by atoms with E-state index in [0.29, 0.717) is 35.9 Å². The standard InChI is InChI=1S/C26H23N3O7/c30-13-18-15-5-1-2-6-20(15)36-22(18)24(33)27-11-3-4-14-7-8-16-17(12-14)26(35)29(25(16)34)19-9-10-21(31)28-23(19)32/h1-2,5-8,12,19,30H,3-4,9-11,13H2,(H,27,33)(H,28,31,32). The molecule has 36 heavy (non-hydrogen) atoms. The molecule has 10 heteroatoms. The van der Waals surface area contributed by atoms with Gasteiger partial charge in [-0.1, -0.05) is 24.3 Å². The number of amides is 5. The minimum absolute atomic E-state index is 0.0641. The van der Waals surface area contributed by atoms with Gasteiger partial charge in [-0.25, -0.2) is 0 Å². The van der Waals surface area contributed by atoms with Crippen molar-refractivity contribution in [1.82, 2.24) is 15.5 Å². The molecule has 3 N–H and O–H groups in total. The lowest BCUT2D eigenvalue weighted by atomic mass is 10.0. The van der Waals surface area contributed by atoms with Crippen LogP contribution in [0.3, 0.4) is 0 Å². The van der Waals surface area contributed by atoms with Gasteiger partial charge in [0.2, 0.25) is 11.8 Å². The molecule has 1 aromatic heterocycles. The molecular weight excluding hydrogens is 466 g/mol. The number of imide groups is 2. The smallest absolute Gasteiger partial charge is 0.287 e. The number of nitrogens with one attached hydrogen (secondary N) is 2. The summed E-state index contributed by atoms with van der Waals surface area (Å²) in [7, 11) is 0. The van der Waals surface area contributed by atoms with Crippen molar-refractivity contribution in [3.05, 3.63) is 70.5 Å². The zero-order valence-electron chi connectivity index (χ0n) is 19.2. The van der Waals surface area contributed by atoms with Gasteiger partial charge >= 0.3 is 0 Å². The number of aryl methyl sites for hydroxylation is 1. The van der Waals surface area contributed by atoms with Crippen LogP contribution in [0.4, 0.5) is 0 Å². The highest BCUT2D eigenvalue weighted by Crippen LogP contribution is 2.29. The van der Waals surface area contributed by atoms with Crippen molar-refractivity contribution >= 4 is 40.5 Å². The molecule has 1 atom stereocenters. The summed E-state index contributed by atoms with van der Waals surface area (Å²) in [5.41, 5.74) is 2.21. The Bertz CT molecular complexity index is 1420. The molecule has 184 valence electrons. The predicted octanol–water partition coefficient (Wildman–Crippen LogP) is 1.69. The molecule has 2 aromatic carbocycles. The summed E-state index contributed by atoms with van der Waals surface area (Å²) in [6.45, 7) is 0.00455. The molecular formula is C26H23N3O7. The first-order valence-electron chi connectivity index (χ1n) is 11.6. The number of nitrogens with zero attached hydrogens (tertiary/aromatic N) is 1. The van der Waals surface area contributed by atoms with E-state index in [2.05, 4.69) is 10.6 Å². The average molecular weight is 489 g/mol. The molecule has 3 aromatic rings. The summed E-state index contributed by atoms with van der Waals surface area (Å²) < 4.78 is 5.62. The highest BCUT2D eigenvalue weighted by atomic mass is 16.3. The van der Waals surface area contributed by atoms with Gasteiger partial charge in [-0.15, -0.1) is 0 Å². The van der Waals surface area contributed by atoms with E-state index >= 15 is 0 Å². The molecule has 2 aliphatic rings. The first-order chi connectivity index (χ1) is 17.4. The molecule has 1 unspecified atom stereocenters. The molecule has 0 bridgehead atoms. The second-order valence-corrected chi connectivity index (χ2v) is 8.75. The lowest BCUT2D eigenvalue weighted by Crippen LogP contribution is -2.54. The van der Waals surface area contributed by atoms with Gasteiger partial charge in [-0.2, -0.15) is 0 Å². The summed E-state index contributed by atoms with van der Waals surface area (Å²) in [4.78, 5) is 62.9. The lowest BCUT2D eigenvalue weighted by Gasteiger charge is -2.27. The third kappa shape index (κ3) is 4.05. The predicted molar refractivity (Wildman–Crippen MR) is 126 cm³/mol. The molecule has 1 saturated heterocycles. The highest BCUT2D eigenvalue weighted by molar-refractivity contribution is 6.23. The fourth-order valence-electron chi connectivity index (χ4n) is 4.69. The number of para-hydroxylation sites is 1. The van der Waals surface area contributed by atoms with Gasteiger partial charge in [0, 0.05) is 23.9 Å². The van der Waals surface area contributed by atoms with E-state index in [4.69, 9.17) is 4.42 Å². The summed E-state index contributed by atoms with van der Waals surface area (Å²) >= 11 is 0. The van der Waals surface area contributed by atoms with E-state index < -0.39 is 35.6 Å². The van der Waals surface area contributed by atoms with E-state index in [1.807, 2.05) is 0 Å². The Morgan fingerprint density at radius 2 is 1.86 bits per heavy atom. The number of furan rings is 1. The number of fused-ring (bicyclic) bond motifs is 2. The van der Waals surface area contributed by atoms with Crippen molar-refractivity contribution in [2.75, 3.05) is 6.54 Å². The molecule has 2 aliphatic heterocycles. The van der Waals surface area contributed by atoms with Crippen molar-refractivity contribution in [1.29, 1.82) is 0 Å². The molecule has 5 rings (SSSR count). The Morgan fingerprint density at radius 1 is 1.08 bits per heavy atom. The van der Waals surface area contributed by atoms with Crippen LogP contribution >= 0.6 is 0 Å². The zero-order valence-corrected chi connectivity index (χ0v) is 19.2. The summed E-state index contributed by atoms with van der Waals surface area (Å²) in [6.07, 6.45) is 1.25. The number of rotatable bonds is 7. The van der Waals surface area contributed by atoms with Crippen molar-refractivity contribution in [3.63, 3.8) is 0 Å². The van der Waals surface area contributed by atoms with Gasteiger partial charge in [-0.05, 0) is 43.0 Å². The van der Waals surface area contributed by atoms with Crippen molar-refractivity contribution in [2.24, 2.45) is 0 Å². The molecule has 5 amide bonds. The second-order valence-electron chi connectivity index (χ2n) is 8.75. The minimum atomic E-state index is -1.00. The number of benzene rings is 2. The summed E-state index contributed by atoms with van der Waals surface area (Å²) in [5, 5.41) is 15.3. The van der Waals surface area contributed by atoms with Crippen LogP contribution in [-0.4, -0.2) is 52.1 Å². The maximum Gasteiger partial charge on any atom is 0.287 e. The number of hydrogen-bond donors (Lipinski definition) is 3. The minimum Gasteiger partial charge on any atom is -0.451 e. The molecule has 10 nitrogen and oxygen atoms in total. The van der Waals surface area contributed by atoms with Gasteiger partial charge in [-0.3, -0.25) is 34.2 Å². The topological polar surface area (TPSA) is 146 Å². The van der Waals surface area contributed by atoms with E-state index in [1.165, 1.54) is 0 Å². The molecule has 0 spiro atoms. The van der Waals surface area contributed by atoms with Gasteiger partial charge < -0.3 is 14.8 Å². The summed E-state index contributed by atoms with van der Waals surface area (Å²) in [6, 6.07) is 11.0. The summed E-state index contributed by atoms with van der Waals surface area (Å²) in [5.74, 6) is -2.52. The van der Waals surface area contributed by atoms with Crippen LogP contribution in [0.15, 0.2) is 46.9 Å². The molecule has 0 saturated carbocycles. The number of aliphatic hydroxyl groups excluding tert-OH is 1. The molecule has 0 radical (unpaired) electrons. The Labute approximate surface area is 205 Å². The largest absolute Gasteiger partial charge is 0.451 e. The van der Waals surface area contributed by atoms with Crippen LogP contribution in [0, 0.1) is 0 Å². The number of carbonyl (C=O) groups excluding carboxylic acids is 5. The fourth-order valence-corrected chi connectivity index (χ4v) is 4.69. The normalized spacial score (nSPS) is 17.5. The monoisotopic (exact) mass is 489 g/mol. The third-order valence-electron chi connectivity index (χ3n) is 6.49. The fraction of sp³-hybridized carbons (Fsp3) is 0.269. The number of hydrogen-bond acceptors (Lipinski definition) is 7. The number of piperidine rings is 1. The first kappa shape index (κ1) is 23.4. The van der Waals surface area contributed by atoms with E-state index in [0.717, 1.165) is 10.5 Å². The number of aliphatic hydroxyl groups is 1. The van der Waals surface area contributed by atoms with Gasteiger partial charge in [0.15, 0.2) is 5.76 Å². The van der Waals surface area contributed by atoms with Crippen molar-refractivity contribution in [2.45, 2.75) is 38.3 Å². The van der Waals surface area contributed by atoms with E-state index in [-0.39, 0.29) is 36.3 Å². The average Bonchev–Trinajstić information content (AvgIpc) is 3.37. The lowest BCUT2D eigenvalue weighted by molar-refractivity contribution is -0.136. The molecule has 0 aliphatic carbocycles. The zero-order chi connectivity index (χ0) is 25.4. The Balaban J connectivity index is 1.21. The first-order valence-corrected chi connectivity index (χ1v) is 11.6. The van der Waals surface area contributed by atoms with Crippen LogP contribution in [0.5, 0.6) is 0 Å². The Hall–Kier alpha value is -4.31. The quantitative estimate of drug-likeness (QED) is 0.338. The van der Waals surface area contributed by atoms with Crippen LogP contribution < -0.4 is 10.6 Å². The van der Waals surface area contributed by atoms with Crippen LogP contribution in [0.1, 0.15) is 61.7 Å². The maximum absolute atomic E-state index is 12.9. The highest BCUT2D eigenvalue weighted by Gasteiger charge is 2.44. The van der Waals surface area contributed by atoms with Crippen LogP contribution in [0.25, 0.3) is 11.0 Å². The third-order valence-corrected chi connectivity index (χ3v) is 6.49. The van der Waals surface area contributed by atoms with E-state index in [9.17, 15) is 29.1 Å².